The van der Waals surface area contributed by atoms with Gasteiger partial charge in [-0.05, 0) is 59.9 Å². The summed E-state index contributed by atoms with van der Waals surface area (Å²) in [6.45, 7) is 2.22. The fourth-order valence-electron chi connectivity index (χ4n) is 4.38. The fourth-order valence-corrected chi connectivity index (χ4v) is 4.38. The lowest BCUT2D eigenvalue weighted by atomic mass is 9.81. The van der Waals surface area contributed by atoms with Gasteiger partial charge in [-0.25, -0.2) is 0 Å². The van der Waals surface area contributed by atoms with Crippen LogP contribution in [0.5, 0.6) is 0 Å². The van der Waals surface area contributed by atoms with Crippen molar-refractivity contribution in [2.24, 2.45) is 5.16 Å². The van der Waals surface area contributed by atoms with E-state index in [1.807, 2.05) is 26.2 Å². The summed E-state index contributed by atoms with van der Waals surface area (Å²) in [7, 11) is 4.10. The van der Waals surface area contributed by atoms with Gasteiger partial charge in [0.05, 0.1) is 5.71 Å². The molecule has 1 aliphatic rings. The van der Waals surface area contributed by atoms with Crippen molar-refractivity contribution >= 4 is 17.0 Å². The third-order valence-corrected chi connectivity index (χ3v) is 5.91. The van der Waals surface area contributed by atoms with Crippen molar-refractivity contribution in [3.05, 3.63) is 101 Å². The predicted octanol–water partition coefficient (Wildman–Crippen LogP) is 5.53. The van der Waals surface area contributed by atoms with E-state index in [0.29, 0.717) is 12.1 Å². The second-order valence-corrected chi connectivity index (χ2v) is 8.05. The Hall–Kier alpha value is -3.40. The van der Waals surface area contributed by atoms with Crippen molar-refractivity contribution in [1.29, 1.82) is 0 Å². The molecule has 1 aliphatic carbocycles. The maximum atomic E-state index is 9.84. The average Bonchev–Trinajstić information content (AvgIpc) is 3.11. The SMILES string of the molecule is CC1=C(C(C/C(=N\O)c2ccncc2)c2ccc(N(C)C)cc2)c2ccccc2C1. The first-order valence-electron chi connectivity index (χ1n) is 10.2. The van der Waals surface area contributed by atoms with Gasteiger partial charge in [0.25, 0.3) is 0 Å². The van der Waals surface area contributed by atoms with Crippen LogP contribution in [0.3, 0.4) is 0 Å². The van der Waals surface area contributed by atoms with Crippen LogP contribution in [0, 0.1) is 0 Å². The topological polar surface area (TPSA) is 48.7 Å². The largest absolute Gasteiger partial charge is 0.411 e. The molecule has 1 heterocycles. The van der Waals surface area contributed by atoms with E-state index in [0.717, 1.165) is 12.0 Å². The van der Waals surface area contributed by atoms with Gasteiger partial charge in [-0.1, -0.05) is 47.1 Å². The van der Waals surface area contributed by atoms with E-state index in [9.17, 15) is 5.21 Å². The number of hydrogen-bond acceptors (Lipinski definition) is 4. The van der Waals surface area contributed by atoms with Crippen molar-refractivity contribution in [1.82, 2.24) is 4.98 Å². The highest BCUT2D eigenvalue weighted by molar-refractivity contribution is 6.02. The molecule has 2 aromatic carbocycles. The van der Waals surface area contributed by atoms with E-state index in [2.05, 4.69) is 70.5 Å². The number of pyridine rings is 1. The molecule has 0 spiro atoms. The van der Waals surface area contributed by atoms with Crippen molar-refractivity contribution in [2.45, 2.75) is 25.7 Å². The minimum Gasteiger partial charge on any atom is -0.411 e. The van der Waals surface area contributed by atoms with Gasteiger partial charge in [-0.15, -0.1) is 0 Å². The zero-order valence-corrected chi connectivity index (χ0v) is 17.7. The van der Waals surface area contributed by atoms with E-state index in [4.69, 9.17) is 0 Å². The maximum Gasteiger partial charge on any atom is 0.0878 e. The number of nitrogens with zero attached hydrogens (tertiary/aromatic N) is 3. The van der Waals surface area contributed by atoms with Gasteiger partial charge in [0.15, 0.2) is 0 Å². The highest BCUT2D eigenvalue weighted by Gasteiger charge is 2.28. The van der Waals surface area contributed by atoms with Gasteiger partial charge in [-0.2, -0.15) is 0 Å². The Morgan fingerprint density at radius 2 is 1.73 bits per heavy atom. The number of oxime groups is 1. The summed E-state index contributed by atoms with van der Waals surface area (Å²) < 4.78 is 0. The van der Waals surface area contributed by atoms with E-state index in [-0.39, 0.29) is 5.92 Å². The summed E-state index contributed by atoms with van der Waals surface area (Å²) in [6.07, 6.45) is 5.05. The van der Waals surface area contributed by atoms with Crippen molar-refractivity contribution < 1.29 is 5.21 Å². The van der Waals surface area contributed by atoms with Crippen LogP contribution in [0.15, 0.2) is 83.8 Å². The Bertz CT molecular complexity index is 1080. The van der Waals surface area contributed by atoms with Crippen molar-refractivity contribution in [3.8, 4) is 0 Å². The summed E-state index contributed by atoms with van der Waals surface area (Å²) in [5.41, 5.74) is 9.36. The van der Waals surface area contributed by atoms with Crippen LogP contribution in [-0.4, -0.2) is 30.0 Å². The highest BCUT2D eigenvalue weighted by atomic mass is 16.4. The number of benzene rings is 2. The molecule has 4 rings (SSSR count). The zero-order chi connectivity index (χ0) is 21.1. The van der Waals surface area contributed by atoms with Crippen molar-refractivity contribution in [2.75, 3.05) is 19.0 Å². The Morgan fingerprint density at radius 3 is 2.40 bits per heavy atom. The van der Waals surface area contributed by atoms with Crippen LogP contribution < -0.4 is 4.90 Å². The Morgan fingerprint density at radius 1 is 1.03 bits per heavy atom. The van der Waals surface area contributed by atoms with Crippen molar-refractivity contribution in [3.63, 3.8) is 0 Å². The summed E-state index contributed by atoms with van der Waals surface area (Å²) in [5.74, 6) is 0.101. The molecule has 3 aromatic rings. The second-order valence-electron chi connectivity index (χ2n) is 8.05. The first-order chi connectivity index (χ1) is 14.6. The maximum absolute atomic E-state index is 9.84. The highest BCUT2D eigenvalue weighted by Crippen LogP contribution is 2.44. The molecule has 0 fully saturated rings. The standard InChI is InChI=1S/C26H27N3O/c1-18-16-21-6-4-5-7-23(21)26(18)24(19-8-10-22(11-9-19)29(2)3)17-25(28-30)20-12-14-27-15-13-20/h4-15,24,30H,16-17H2,1-3H3/b28-25+. The fraction of sp³-hybridized carbons (Fsp3) is 0.231. The molecule has 152 valence electrons. The monoisotopic (exact) mass is 397 g/mol. The molecule has 0 saturated carbocycles. The van der Waals surface area contributed by atoms with Gasteiger partial charge in [-0.3, -0.25) is 4.98 Å². The van der Waals surface area contributed by atoms with E-state index >= 15 is 0 Å². The molecule has 0 radical (unpaired) electrons. The van der Waals surface area contributed by atoms with Gasteiger partial charge in [0, 0.05) is 50.1 Å². The number of aromatic nitrogens is 1. The lowest BCUT2D eigenvalue weighted by molar-refractivity contribution is 0.318. The van der Waals surface area contributed by atoms with E-state index in [1.54, 1.807) is 12.4 Å². The summed E-state index contributed by atoms with van der Waals surface area (Å²) in [5, 5.41) is 13.5. The summed E-state index contributed by atoms with van der Waals surface area (Å²) in [4.78, 5) is 6.20. The number of anilines is 1. The quantitative estimate of drug-likeness (QED) is 0.338. The smallest absolute Gasteiger partial charge is 0.0878 e. The molecule has 0 aliphatic heterocycles. The predicted molar refractivity (Wildman–Crippen MR) is 123 cm³/mol. The zero-order valence-electron chi connectivity index (χ0n) is 17.7. The van der Waals surface area contributed by atoms with Crippen LogP contribution in [0.1, 0.15) is 41.5 Å². The number of rotatable bonds is 6. The first kappa shape index (κ1) is 19.9. The third kappa shape index (κ3) is 3.86. The van der Waals surface area contributed by atoms with Crippen LogP contribution in [0.25, 0.3) is 5.57 Å². The first-order valence-corrected chi connectivity index (χ1v) is 10.2. The number of hydrogen-bond donors (Lipinski definition) is 1. The molecule has 4 nitrogen and oxygen atoms in total. The van der Waals surface area contributed by atoms with Gasteiger partial charge < -0.3 is 10.1 Å². The molecule has 0 saturated heterocycles. The normalized spacial score (nSPS) is 14.6. The molecule has 1 N–H and O–H groups in total. The molecular formula is C26H27N3O. The van der Waals surface area contributed by atoms with Crippen LogP contribution in [0.2, 0.25) is 0 Å². The second kappa shape index (κ2) is 8.54. The summed E-state index contributed by atoms with van der Waals surface area (Å²) >= 11 is 0. The molecule has 30 heavy (non-hydrogen) atoms. The van der Waals surface area contributed by atoms with Crippen LogP contribution >= 0.6 is 0 Å². The minimum atomic E-state index is 0.101. The molecule has 4 heteroatoms. The Balaban J connectivity index is 1.79. The lowest BCUT2D eigenvalue weighted by Crippen LogP contribution is -2.12. The minimum absolute atomic E-state index is 0.101. The molecule has 1 atom stereocenters. The Labute approximate surface area is 178 Å². The number of allylic oxidation sites excluding steroid dienone is 2. The molecule has 1 unspecified atom stereocenters. The summed E-state index contributed by atoms with van der Waals surface area (Å²) in [6, 6.07) is 21.1. The average molecular weight is 398 g/mol. The van der Waals surface area contributed by atoms with E-state index < -0.39 is 0 Å². The molecule has 0 bridgehead atoms. The van der Waals surface area contributed by atoms with Gasteiger partial charge >= 0.3 is 0 Å². The van der Waals surface area contributed by atoms with Gasteiger partial charge in [0.1, 0.15) is 0 Å². The van der Waals surface area contributed by atoms with Crippen LogP contribution in [-0.2, 0) is 6.42 Å². The van der Waals surface area contributed by atoms with Crippen LogP contribution in [0.4, 0.5) is 5.69 Å². The molecule has 0 amide bonds. The van der Waals surface area contributed by atoms with E-state index in [1.165, 1.54) is 33.5 Å². The van der Waals surface area contributed by atoms with Gasteiger partial charge in [0.2, 0.25) is 0 Å². The lowest BCUT2D eigenvalue weighted by Gasteiger charge is -2.23. The molecule has 1 aromatic heterocycles. The third-order valence-electron chi connectivity index (χ3n) is 5.91. The number of fused-ring (bicyclic) bond motifs is 1. The molecular weight excluding hydrogens is 370 g/mol. The Kier molecular flexibility index (Phi) is 5.66.